The Bertz CT molecular complexity index is 640. The molecule has 0 amide bonds. The second-order valence-electron chi connectivity index (χ2n) is 4.49. The van der Waals surface area contributed by atoms with Crippen molar-refractivity contribution in [2.75, 3.05) is 14.2 Å². The van der Waals surface area contributed by atoms with Gasteiger partial charge in [0.05, 0.1) is 19.8 Å². The van der Waals surface area contributed by atoms with Gasteiger partial charge in [-0.3, -0.25) is 4.79 Å². The van der Waals surface area contributed by atoms with Gasteiger partial charge in [-0.15, -0.1) is 0 Å². The summed E-state index contributed by atoms with van der Waals surface area (Å²) in [4.78, 5) is 10.8. The van der Waals surface area contributed by atoms with E-state index in [2.05, 4.69) is 0 Å². The predicted molar refractivity (Wildman–Crippen MR) is 77.4 cm³/mol. The molecule has 0 spiro atoms. The summed E-state index contributed by atoms with van der Waals surface area (Å²) in [5, 5.41) is 8.84. The van der Waals surface area contributed by atoms with Crippen LogP contribution in [0.15, 0.2) is 42.6 Å². The maximum absolute atomic E-state index is 10.8. The first-order valence-electron chi connectivity index (χ1n) is 6.58. The van der Waals surface area contributed by atoms with Crippen LogP contribution >= 0.6 is 0 Å². The lowest BCUT2D eigenvalue weighted by atomic mass is 10.1. The molecular weight excluding hydrogens is 270 g/mol. The molecule has 1 aromatic carbocycles. The molecular formula is C16H18NO4+. The molecule has 1 heterocycles. The number of ether oxygens (including phenoxy) is 2. The van der Waals surface area contributed by atoms with Gasteiger partial charge < -0.3 is 14.6 Å². The minimum Gasteiger partial charge on any atom is -0.493 e. The summed E-state index contributed by atoms with van der Waals surface area (Å²) >= 11 is 0. The molecule has 0 aliphatic heterocycles. The Morgan fingerprint density at radius 1 is 1.14 bits per heavy atom. The number of carbonyl (C=O) groups is 1. The minimum absolute atomic E-state index is 0.0783. The molecule has 0 fully saturated rings. The Morgan fingerprint density at radius 2 is 1.90 bits per heavy atom. The van der Waals surface area contributed by atoms with Crippen molar-refractivity contribution in [2.45, 2.75) is 13.0 Å². The lowest BCUT2D eigenvalue weighted by Gasteiger charge is -2.09. The van der Waals surface area contributed by atoms with Gasteiger partial charge in [0.15, 0.2) is 24.2 Å². The van der Waals surface area contributed by atoms with Crippen LogP contribution in [0.4, 0.5) is 0 Å². The van der Waals surface area contributed by atoms with Gasteiger partial charge in [0.1, 0.15) is 6.42 Å². The highest BCUT2D eigenvalue weighted by molar-refractivity contribution is 5.66. The number of carboxylic acids is 1. The average Bonchev–Trinajstić information content (AvgIpc) is 2.52. The van der Waals surface area contributed by atoms with Crippen LogP contribution in [0.2, 0.25) is 0 Å². The predicted octanol–water partition coefficient (Wildman–Crippen LogP) is 2.13. The number of aromatic nitrogens is 1. The highest BCUT2D eigenvalue weighted by atomic mass is 16.5. The molecule has 0 aliphatic carbocycles. The normalized spacial score (nSPS) is 10.2. The zero-order valence-electron chi connectivity index (χ0n) is 12.1. The fraction of sp³-hybridized carbons (Fsp3) is 0.250. The standard InChI is InChI=1S/C16H17NO4/c1-20-14-7-6-12(11-15(14)21-2)13-5-3-4-9-17(13)10-8-16(18)19/h3-7,9,11H,8,10H2,1-2H3/p+1. The Morgan fingerprint density at radius 3 is 2.57 bits per heavy atom. The molecule has 0 aliphatic rings. The van der Waals surface area contributed by atoms with Crippen LogP contribution in [0.3, 0.4) is 0 Å². The summed E-state index contributed by atoms with van der Waals surface area (Å²) in [6.07, 6.45) is 1.95. The lowest BCUT2D eigenvalue weighted by molar-refractivity contribution is -0.685. The van der Waals surface area contributed by atoms with Crippen LogP contribution in [-0.2, 0) is 11.3 Å². The molecule has 2 aromatic rings. The van der Waals surface area contributed by atoms with Crippen molar-refractivity contribution in [1.82, 2.24) is 0 Å². The Balaban J connectivity index is 2.39. The molecule has 0 radical (unpaired) electrons. The summed E-state index contributed by atoms with van der Waals surface area (Å²) in [6.45, 7) is 0.417. The van der Waals surface area contributed by atoms with Gasteiger partial charge in [0.25, 0.3) is 0 Å². The third-order valence-corrected chi connectivity index (χ3v) is 3.19. The number of benzene rings is 1. The number of methoxy groups -OCH3 is 2. The molecule has 110 valence electrons. The third-order valence-electron chi connectivity index (χ3n) is 3.19. The number of pyridine rings is 1. The lowest BCUT2D eigenvalue weighted by Crippen LogP contribution is -2.36. The van der Waals surface area contributed by atoms with Gasteiger partial charge in [-0.1, -0.05) is 0 Å². The van der Waals surface area contributed by atoms with Crippen molar-refractivity contribution in [3.63, 3.8) is 0 Å². The molecule has 1 N–H and O–H groups in total. The van der Waals surface area contributed by atoms with Crippen LogP contribution < -0.4 is 14.0 Å². The minimum atomic E-state index is -0.815. The smallest absolute Gasteiger partial charge is 0.309 e. The van der Waals surface area contributed by atoms with Crippen LogP contribution in [0.1, 0.15) is 6.42 Å². The number of carboxylic acid groups (broad SMARTS) is 1. The first-order valence-corrected chi connectivity index (χ1v) is 6.58. The highest BCUT2D eigenvalue weighted by Gasteiger charge is 2.15. The molecule has 2 rings (SSSR count). The van der Waals surface area contributed by atoms with E-state index in [0.29, 0.717) is 18.0 Å². The number of hydrogen-bond donors (Lipinski definition) is 1. The van der Waals surface area contributed by atoms with Gasteiger partial charge in [-0.2, -0.15) is 4.57 Å². The topological polar surface area (TPSA) is 59.6 Å². The fourth-order valence-electron chi connectivity index (χ4n) is 2.15. The monoisotopic (exact) mass is 288 g/mol. The maximum atomic E-state index is 10.8. The van der Waals surface area contributed by atoms with Gasteiger partial charge in [-0.25, -0.2) is 0 Å². The van der Waals surface area contributed by atoms with Crippen LogP contribution in [0.5, 0.6) is 11.5 Å². The van der Waals surface area contributed by atoms with Crippen molar-refractivity contribution < 1.29 is 23.9 Å². The van der Waals surface area contributed by atoms with E-state index in [1.54, 1.807) is 14.2 Å². The molecule has 0 saturated heterocycles. The SMILES string of the molecule is COc1ccc(-c2cccc[n+]2CCC(=O)O)cc1OC. The van der Waals surface area contributed by atoms with E-state index in [1.165, 1.54) is 0 Å². The number of aryl methyl sites for hydroxylation is 1. The van der Waals surface area contributed by atoms with E-state index in [9.17, 15) is 4.79 Å². The van der Waals surface area contributed by atoms with Crippen molar-refractivity contribution in [1.29, 1.82) is 0 Å². The van der Waals surface area contributed by atoms with Crippen molar-refractivity contribution in [3.05, 3.63) is 42.6 Å². The number of nitrogens with zero attached hydrogens (tertiary/aromatic N) is 1. The first-order chi connectivity index (χ1) is 10.2. The largest absolute Gasteiger partial charge is 0.493 e. The van der Waals surface area contributed by atoms with E-state index >= 15 is 0 Å². The second kappa shape index (κ2) is 6.74. The molecule has 5 nitrogen and oxygen atoms in total. The number of rotatable bonds is 6. The van der Waals surface area contributed by atoms with Gasteiger partial charge in [0, 0.05) is 12.1 Å². The van der Waals surface area contributed by atoms with Gasteiger partial charge in [0.2, 0.25) is 5.69 Å². The van der Waals surface area contributed by atoms with Gasteiger partial charge in [-0.05, 0) is 24.3 Å². The highest BCUT2D eigenvalue weighted by Crippen LogP contribution is 2.31. The Hall–Kier alpha value is -2.56. The summed E-state index contributed by atoms with van der Waals surface area (Å²) in [7, 11) is 3.18. The molecule has 1 aromatic heterocycles. The maximum Gasteiger partial charge on any atom is 0.309 e. The van der Waals surface area contributed by atoms with Gasteiger partial charge >= 0.3 is 5.97 Å². The Labute approximate surface area is 123 Å². The molecule has 5 heteroatoms. The zero-order chi connectivity index (χ0) is 15.2. The molecule has 0 saturated carbocycles. The van der Waals surface area contributed by atoms with E-state index in [1.807, 2.05) is 47.2 Å². The van der Waals surface area contributed by atoms with E-state index < -0.39 is 5.97 Å². The summed E-state index contributed by atoms with van der Waals surface area (Å²) < 4.78 is 12.4. The van der Waals surface area contributed by atoms with E-state index in [-0.39, 0.29) is 6.42 Å². The summed E-state index contributed by atoms with van der Waals surface area (Å²) in [5.74, 6) is 0.488. The number of hydrogen-bond acceptors (Lipinski definition) is 3. The average molecular weight is 288 g/mol. The zero-order valence-corrected chi connectivity index (χ0v) is 12.1. The quantitative estimate of drug-likeness (QED) is 0.827. The molecule has 0 atom stereocenters. The van der Waals surface area contributed by atoms with E-state index in [0.717, 1.165) is 11.3 Å². The van der Waals surface area contributed by atoms with Crippen molar-refractivity contribution in [2.24, 2.45) is 0 Å². The van der Waals surface area contributed by atoms with Crippen LogP contribution in [0, 0.1) is 0 Å². The van der Waals surface area contributed by atoms with Crippen molar-refractivity contribution in [3.8, 4) is 22.8 Å². The summed E-state index contributed by atoms with van der Waals surface area (Å²) in [5.41, 5.74) is 1.87. The third kappa shape index (κ3) is 3.51. The Kier molecular flexibility index (Phi) is 4.77. The van der Waals surface area contributed by atoms with Crippen molar-refractivity contribution >= 4 is 5.97 Å². The van der Waals surface area contributed by atoms with E-state index in [4.69, 9.17) is 14.6 Å². The molecule has 0 unspecified atom stereocenters. The fourth-order valence-corrected chi connectivity index (χ4v) is 2.15. The second-order valence-corrected chi connectivity index (χ2v) is 4.49. The van der Waals surface area contributed by atoms with Crippen LogP contribution in [0.25, 0.3) is 11.3 Å². The summed E-state index contributed by atoms with van der Waals surface area (Å²) in [6, 6.07) is 11.4. The number of aliphatic carboxylic acids is 1. The van der Waals surface area contributed by atoms with Crippen LogP contribution in [-0.4, -0.2) is 25.3 Å². The first kappa shape index (κ1) is 14.8. The molecule has 21 heavy (non-hydrogen) atoms. The molecule has 0 bridgehead atoms.